The Hall–Kier alpha value is -2.83. The summed E-state index contributed by atoms with van der Waals surface area (Å²) in [6, 6.07) is 22.7. The van der Waals surface area contributed by atoms with E-state index in [9.17, 15) is 8.42 Å². The van der Waals surface area contributed by atoms with Gasteiger partial charge in [0.2, 0.25) is 10.0 Å². The van der Waals surface area contributed by atoms with Crippen LogP contribution in [0.5, 0.6) is 17.2 Å². The maximum Gasteiger partial charge on any atom is 0.241 e. The van der Waals surface area contributed by atoms with Gasteiger partial charge in [-0.2, -0.15) is 0 Å². The van der Waals surface area contributed by atoms with Crippen LogP contribution in [-0.4, -0.2) is 15.0 Å². The van der Waals surface area contributed by atoms with Gasteiger partial charge in [0, 0.05) is 6.04 Å². The highest BCUT2D eigenvalue weighted by Gasteiger charge is 2.18. The number of rotatable bonds is 8. The van der Waals surface area contributed by atoms with Crippen molar-refractivity contribution in [3.63, 3.8) is 0 Å². The lowest BCUT2D eigenvalue weighted by Gasteiger charge is -2.15. The van der Waals surface area contributed by atoms with Gasteiger partial charge in [0.25, 0.3) is 0 Å². The van der Waals surface area contributed by atoms with E-state index in [1.807, 2.05) is 61.5 Å². The molecule has 28 heavy (non-hydrogen) atoms. The molecule has 5 nitrogen and oxygen atoms in total. The van der Waals surface area contributed by atoms with Crippen molar-refractivity contribution in [2.45, 2.75) is 24.8 Å². The Morgan fingerprint density at radius 2 is 1.39 bits per heavy atom. The second-order valence-electron chi connectivity index (χ2n) is 6.23. The highest BCUT2D eigenvalue weighted by Crippen LogP contribution is 2.24. The second-order valence-corrected chi connectivity index (χ2v) is 7.95. The Bertz CT molecular complexity index is 985. The summed E-state index contributed by atoms with van der Waals surface area (Å²) in [5, 5.41) is 0. The molecular formula is C22H23NO4S. The molecule has 3 aromatic carbocycles. The molecule has 0 heterocycles. The van der Waals surface area contributed by atoms with Gasteiger partial charge in [-0.05, 0) is 67.9 Å². The van der Waals surface area contributed by atoms with Crippen molar-refractivity contribution >= 4 is 10.0 Å². The lowest BCUT2D eigenvalue weighted by molar-refractivity contribution is 0.340. The topological polar surface area (TPSA) is 64.6 Å². The van der Waals surface area contributed by atoms with E-state index in [4.69, 9.17) is 9.47 Å². The molecule has 0 saturated carbocycles. The van der Waals surface area contributed by atoms with E-state index in [2.05, 4.69) is 4.72 Å². The predicted molar refractivity (Wildman–Crippen MR) is 109 cm³/mol. The highest BCUT2D eigenvalue weighted by molar-refractivity contribution is 7.89. The second kappa shape index (κ2) is 8.91. The molecule has 0 aliphatic heterocycles. The monoisotopic (exact) mass is 397 g/mol. The van der Waals surface area contributed by atoms with Gasteiger partial charge in [-0.1, -0.05) is 30.3 Å². The fourth-order valence-electron chi connectivity index (χ4n) is 2.70. The molecule has 1 N–H and O–H groups in total. The lowest BCUT2D eigenvalue weighted by atomic mass is 10.1. The zero-order valence-corrected chi connectivity index (χ0v) is 16.6. The molecule has 0 aromatic heterocycles. The van der Waals surface area contributed by atoms with Crippen LogP contribution in [-0.2, 0) is 10.0 Å². The highest BCUT2D eigenvalue weighted by atomic mass is 32.2. The van der Waals surface area contributed by atoms with Crippen LogP contribution in [0.15, 0.2) is 83.8 Å². The molecule has 0 radical (unpaired) electrons. The average molecular weight is 397 g/mol. The minimum Gasteiger partial charge on any atom is -0.494 e. The summed E-state index contributed by atoms with van der Waals surface area (Å²) in [5.41, 5.74) is 0.857. The molecule has 0 amide bonds. The molecule has 0 fully saturated rings. The Balaban J connectivity index is 1.68. The predicted octanol–water partition coefficient (Wildman–Crippen LogP) is 4.92. The molecule has 0 saturated heterocycles. The van der Waals surface area contributed by atoms with E-state index in [1.54, 1.807) is 19.1 Å². The van der Waals surface area contributed by atoms with Gasteiger partial charge in [0.15, 0.2) is 0 Å². The van der Waals surface area contributed by atoms with Crippen molar-refractivity contribution in [1.82, 2.24) is 4.72 Å². The van der Waals surface area contributed by atoms with E-state index in [1.165, 1.54) is 12.1 Å². The van der Waals surface area contributed by atoms with Crippen LogP contribution in [0.2, 0.25) is 0 Å². The molecule has 3 aromatic rings. The average Bonchev–Trinajstić information content (AvgIpc) is 2.70. The number of hydrogen-bond acceptors (Lipinski definition) is 4. The van der Waals surface area contributed by atoms with Crippen molar-refractivity contribution in [3.8, 4) is 17.2 Å². The quantitative estimate of drug-likeness (QED) is 0.586. The van der Waals surface area contributed by atoms with Crippen molar-refractivity contribution < 1.29 is 17.9 Å². The number of nitrogens with one attached hydrogen (secondary N) is 1. The lowest BCUT2D eigenvalue weighted by Crippen LogP contribution is -2.26. The summed E-state index contributed by atoms with van der Waals surface area (Å²) >= 11 is 0. The van der Waals surface area contributed by atoms with E-state index >= 15 is 0 Å². The molecular weight excluding hydrogens is 374 g/mol. The van der Waals surface area contributed by atoms with Gasteiger partial charge >= 0.3 is 0 Å². The third-order valence-electron chi connectivity index (χ3n) is 4.14. The number of benzene rings is 3. The third-order valence-corrected chi connectivity index (χ3v) is 5.69. The van der Waals surface area contributed by atoms with Gasteiger partial charge in [-0.15, -0.1) is 0 Å². The number of sulfonamides is 1. The Labute approximate surface area is 166 Å². The Morgan fingerprint density at radius 3 is 2.00 bits per heavy atom. The van der Waals surface area contributed by atoms with Crippen molar-refractivity contribution in [2.75, 3.05) is 6.61 Å². The largest absolute Gasteiger partial charge is 0.494 e. The number of para-hydroxylation sites is 1. The van der Waals surface area contributed by atoms with E-state index in [0.29, 0.717) is 18.1 Å². The molecule has 146 valence electrons. The molecule has 1 atom stereocenters. The first-order valence-electron chi connectivity index (χ1n) is 9.06. The standard InChI is InChI=1S/C22H23NO4S/c1-3-26-19-11-9-18(10-12-19)17(2)23-28(24,25)22-15-13-21(14-16-22)27-20-7-5-4-6-8-20/h4-17,23H,3H2,1-2H3/t17-/m1/s1. The third kappa shape index (κ3) is 5.12. The first-order chi connectivity index (χ1) is 13.5. The molecule has 0 unspecified atom stereocenters. The molecule has 0 aliphatic rings. The first-order valence-corrected chi connectivity index (χ1v) is 10.5. The van der Waals surface area contributed by atoms with Crippen LogP contribution in [0.25, 0.3) is 0 Å². The summed E-state index contributed by atoms with van der Waals surface area (Å²) in [4.78, 5) is 0.186. The number of hydrogen-bond donors (Lipinski definition) is 1. The van der Waals surface area contributed by atoms with Crippen LogP contribution in [0.4, 0.5) is 0 Å². The van der Waals surface area contributed by atoms with Gasteiger partial charge in [0.1, 0.15) is 17.2 Å². The van der Waals surface area contributed by atoms with Gasteiger partial charge in [-0.3, -0.25) is 0 Å². The summed E-state index contributed by atoms with van der Waals surface area (Å²) < 4.78 is 39.2. The Morgan fingerprint density at radius 1 is 0.821 bits per heavy atom. The van der Waals surface area contributed by atoms with Crippen molar-refractivity contribution in [1.29, 1.82) is 0 Å². The zero-order chi connectivity index (χ0) is 20.0. The maximum absolute atomic E-state index is 12.7. The molecule has 0 aliphatic carbocycles. The fourth-order valence-corrected chi connectivity index (χ4v) is 3.93. The molecule has 0 spiro atoms. The van der Waals surface area contributed by atoms with Crippen LogP contribution in [0.3, 0.4) is 0 Å². The molecule has 3 rings (SSSR count). The van der Waals surface area contributed by atoms with Crippen molar-refractivity contribution in [2.24, 2.45) is 0 Å². The summed E-state index contributed by atoms with van der Waals surface area (Å²) in [5.74, 6) is 2.03. The summed E-state index contributed by atoms with van der Waals surface area (Å²) in [6.07, 6.45) is 0. The van der Waals surface area contributed by atoms with E-state index in [0.717, 1.165) is 11.3 Å². The Kier molecular flexibility index (Phi) is 6.34. The molecule has 6 heteroatoms. The van der Waals surface area contributed by atoms with Crippen molar-refractivity contribution in [3.05, 3.63) is 84.4 Å². The smallest absolute Gasteiger partial charge is 0.241 e. The number of ether oxygens (including phenoxy) is 2. The summed E-state index contributed by atoms with van der Waals surface area (Å²) in [7, 11) is -3.65. The van der Waals surface area contributed by atoms with E-state index < -0.39 is 10.0 Å². The van der Waals surface area contributed by atoms with Crippen LogP contribution in [0, 0.1) is 0 Å². The van der Waals surface area contributed by atoms with Crippen LogP contribution < -0.4 is 14.2 Å². The minimum atomic E-state index is -3.65. The van der Waals surface area contributed by atoms with E-state index in [-0.39, 0.29) is 10.9 Å². The van der Waals surface area contributed by atoms with Gasteiger partial charge < -0.3 is 9.47 Å². The normalized spacial score (nSPS) is 12.4. The summed E-state index contributed by atoms with van der Waals surface area (Å²) in [6.45, 7) is 4.31. The van der Waals surface area contributed by atoms with Crippen LogP contribution >= 0.6 is 0 Å². The first kappa shape index (κ1) is 19.9. The minimum absolute atomic E-state index is 0.186. The van der Waals surface area contributed by atoms with Gasteiger partial charge in [0.05, 0.1) is 11.5 Å². The van der Waals surface area contributed by atoms with Gasteiger partial charge in [-0.25, -0.2) is 13.1 Å². The maximum atomic E-state index is 12.7. The SMILES string of the molecule is CCOc1ccc([C@@H](C)NS(=O)(=O)c2ccc(Oc3ccccc3)cc2)cc1. The van der Waals surface area contributed by atoms with Crippen LogP contribution in [0.1, 0.15) is 25.5 Å². The zero-order valence-electron chi connectivity index (χ0n) is 15.8. The molecule has 0 bridgehead atoms. The fraction of sp³-hybridized carbons (Fsp3) is 0.182.